The predicted octanol–water partition coefficient (Wildman–Crippen LogP) is 5.50. The summed E-state index contributed by atoms with van der Waals surface area (Å²) in [6, 6.07) is 14.7. The van der Waals surface area contributed by atoms with Crippen molar-refractivity contribution in [2.75, 3.05) is 6.61 Å². The lowest BCUT2D eigenvalue weighted by atomic mass is 10.0. The van der Waals surface area contributed by atoms with Crippen LogP contribution in [0.15, 0.2) is 77.4 Å². The van der Waals surface area contributed by atoms with Gasteiger partial charge in [0.25, 0.3) is 0 Å². The SMILES string of the molecule is CCOC(=O)Cc1ccccc1OCc1cn(S(=O)(=O)C2(C)C=C(Br)C=CC2)c2ccccc12. The van der Waals surface area contributed by atoms with E-state index in [-0.39, 0.29) is 19.0 Å². The fourth-order valence-electron chi connectivity index (χ4n) is 4.05. The lowest BCUT2D eigenvalue weighted by Gasteiger charge is -2.28. The standard InChI is InChI=1S/C26H26BrNO5S/c1-3-32-25(29)15-19-9-4-7-13-24(19)33-18-20-17-28(23-12-6-5-11-22(20)23)34(30,31)26(2)14-8-10-21(27)16-26/h4-13,16-17H,3,14-15,18H2,1-2H3. The summed E-state index contributed by atoms with van der Waals surface area (Å²) in [4.78, 5) is 12.0. The number of rotatable bonds is 8. The molecule has 4 rings (SSSR count). The fourth-order valence-corrected chi connectivity index (χ4v) is 6.61. The molecular weight excluding hydrogens is 518 g/mol. The van der Waals surface area contributed by atoms with Crippen LogP contribution >= 0.6 is 15.9 Å². The van der Waals surface area contributed by atoms with E-state index in [4.69, 9.17) is 9.47 Å². The molecule has 1 aliphatic carbocycles. The van der Waals surface area contributed by atoms with E-state index in [1.165, 1.54) is 3.97 Å². The molecule has 1 atom stereocenters. The molecule has 0 fully saturated rings. The number of hydrogen-bond donors (Lipinski definition) is 0. The minimum absolute atomic E-state index is 0.104. The Labute approximate surface area is 208 Å². The molecule has 178 valence electrons. The highest BCUT2D eigenvalue weighted by Gasteiger charge is 2.40. The van der Waals surface area contributed by atoms with Crippen LogP contribution in [-0.4, -0.2) is 29.7 Å². The van der Waals surface area contributed by atoms with Gasteiger partial charge in [-0.15, -0.1) is 0 Å². The van der Waals surface area contributed by atoms with Gasteiger partial charge in [-0.05, 0) is 38.5 Å². The van der Waals surface area contributed by atoms with Crippen molar-refractivity contribution in [2.24, 2.45) is 0 Å². The summed E-state index contributed by atoms with van der Waals surface area (Å²) >= 11 is 3.42. The number of para-hydroxylation sites is 2. The summed E-state index contributed by atoms with van der Waals surface area (Å²) in [5.74, 6) is 0.238. The average Bonchev–Trinajstić information content (AvgIpc) is 3.18. The zero-order chi connectivity index (χ0) is 24.3. The van der Waals surface area contributed by atoms with Gasteiger partial charge in [-0.25, -0.2) is 12.4 Å². The molecular formula is C26H26BrNO5S. The normalized spacial score (nSPS) is 18.0. The monoisotopic (exact) mass is 543 g/mol. The number of fused-ring (bicyclic) bond motifs is 1. The minimum atomic E-state index is -3.77. The highest BCUT2D eigenvalue weighted by Crippen LogP contribution is 2.35. The largest absolute Gasteiger partial charge is 0.489 e. The van der Waals surface area contributed by atoms with Crippen LogP contribution in [0.3, 0.4) is 0 Å². The quantitative estimate of drug-likeness (QED) is 0.350. The zero-order valence-electron chi connectivity index (χ0n) is 19.0. The van der Waals surface area contributed by atoms with Crippen LogP contribution in [0.4, 0.5) is 0 Å². The minimum Gasteiger partial charge on any atom is -0.489 e. The number of halogens is 1. The van der Waals surface area contributed by atoms with E-state index in [1.54, 1.807) is 38.3 Å². The maximum Gasteiger partial charge on any atom is 0.310 e. The predicted molar refractivity (Wildman–Crippen MR) is 137 cm³/mol. The van der Waals surface area contributed by atoms with Gasteiger partial charge < -0.3 is 9.47 Å². The van der Waals surface area contributed by atoms with Crippen LogP contribution in [0.1, 0.15) is 31.4 Å². The summed E-state index contributed by atoms with van der Waals surface area (Å²) in [5.41, 5.74) is 2.05. The van der Waals surface area contributed by atoms with Gasteiger partial charge in [0.05, 0.1) is 18.5 Å². The van der Waals surface area contributed by atoms with Crippen molar-refractivity contribution in [3.05, 3.63) is 88.6 Å². The lowest BCUT2D eigenvalue weighted by Crippen LogP contribution is -2.38. The zero-order valence-corrected chi connectivity index (χ0v) is 21.4. The first-order valence-electron chi connectivity index (χ1n) is 11.0. The average molecular weight is 544 g/mol. The van der Waals surface area contributed by atoms with Crippen molar-refractivity contribution in [1.82, 2.24) is 3.97 Å². The molecule has 0 N–H and O–H groups in total. The van der Waals surface area contributed by atoms with Gasteiger partial charge in [-0.1, -0.05) is 64.5 Å². The first-order chi connectivity index (χ1) is 16.2. The molecule has 2 aromatic carbocycles. The molecule has 3 aromatic rings. The number of carbonyl (C=O) groups excluding carboxylic acids is 1. The van der Waals surface area contributed by atoms with Crippen molar-refractivity contribution in [1.29, 1.82) is 0 Å². The Balaban J connectivity index is 1.67. The lowest BCUT2D eigenvalue weighted by molar-refractivity contribution is -0.142. The van der Waals surface area contributed by atoms with Crippen LogP contribution in [0.25, 0.3) is 10.9 Å². The van der Waals surface area contributed by atoms with Crippen LogP contribution in [0, 0.1) is 0 Å². The van der Waals surface area contributed by atoms with E-state index in [0.717, 1.165) is 15.4 Å². The third-order valence-electron chi connectivity index (χ3n) is 5.85. The Kier molecular flexibility index (Phi) is 7.00. The second-order valence-corrected chi connectivity index (χ2v) is 11.5. The molecule has 0 radical (unpaired) electrons. The molecule has 34 heavy (non-hydrogen) atoms. The Hall–Kier alpha value is -2.84. The summed E-state index contributed by atoms with van der Waals surface area (Å²) in [7, 11) is -3.77. The number of ether oxygens (including phenoxy) is 2. The second-order valence-electron chi connectivity index (χ2n) is 8.30. The molecule has 6 nitrogen and oxygen atoms in total. The fraction of sp³-hybridized carbons (Fsp3) is 0.269. The number of benzene rings is 2. The van der Waals surface area contributed by atoms with E-state index in [1.807, 2.05) is 48.6 Å². The third kappa shape index (κ3) is 4.70. The first kappa shape index (κ1) is 24.3. The summed E-state index contributed by atoms with van der Waals surface area (Å²) in [6.45, 7) is 3.96. The van der Waals surface area contributed by atoms with Gasteiger partial charge in [0.1, 0.15) is 17.1 Å². The van der Waals surface area contributed by atoms with Crippen molar-refractivity contribution < 1.29 is 22.7 Å². The van der Waals surface area contributed by atoms with Crippen molar-refractivity contribution in [2.45, 2.75) is 38.0 Å². The molecule has 0 amide bonds. The molecule has 1 aliphatic rings. The molecule has 8 heteroatoms. The van der Waals surface area contributed by atoms with E-state index < -0.39 is 14.8 Å². The van der Waals surface area contributed by atoms with Gasteiger partial charge in [0.2, 0.25) is 10.0 Å². The number of esters is 1. The van der Waals surface area contributed by atoms with Gasteiger partial charge in [0.15, 0.2) is 0 Å². The highest BCUT2D eigenvalue weighted by molar-refractivity contribution is 9.11. The van der Waals surface area contributed by atoms with E-state index in [9.17, 15) is 13.2 Å². The molecule has 0 saturated heterocycles. The number of nitrogens with zero attached hydrogens (tertiary/aromatic N) is 1. The van der Waals surface area contributed by atoms with Gasteiger partial charge in [0, 0.05) is 27.2 Å². The van der Waals surface area contributed by atoms with Crippen LogP contribution < -0.4 is 4.74 Å². The first-order valence-corrected chi connectivity index (χ1v) is 13.2. The van der Waals surface area contributed by atoms with Crippen LogP contribution in [0.2, 0.25) is 0 Å². The molecule has 0 bridgehead atoms. The summed E-state index contributed by atoms with van der Waals surface area (Å²) in [6.07, 6.45) is 7.57. The van der Waals surface area contributed by atoms with Crippen molar-refractivity contribution in [3.8, 4) is 5.75 Å². The number of carbonyl (C=O) groups is 1. The van der Waals surface area contributed by atoms with E-state index in [2.05, 4.69) is 15.9 Å². The maximum atomic E-state index is 13.8. The highest BCUT2D eigenvalue weighted by atomic mass is 79.9. The second kappa shape index (κ2) is 9.80. The molecule has 0 spiro atoms. The molecule has 1 aromatic heterocycles. The molecule has 0 saturated carbocycles. The van der Waals surface area contributed by atoms with Gasteiger partial charge in [-0.3, -0.25) is 4.79 Å². The molecule has 0 aliphatic heterocycles. The molecule has 1 unspecified atom stereocenters. The summed E-state index contributed by atoms with van der Waals surface area (Å²) in [5, 5.41) is 0.798. The smallest absolute Gasteiger partial charge is 0.310 e. The Morgan fingerprint density at radius 3 is 2.62 bits per heavy atom. The van der Waals surface area contributed by atoms with E-state index >= 15 is 0 Å². The number of hydrogen-bond acceptors (Lipinski definition) is 5. The van der Waals surface area contributed by atoms with Gasteiger partial charge in [-0.2, -0.15) is 0 Å². The molecule has 1 heterocycles. The third-order valence-corrected chi connectivity index (χ3v) is 8.62. The van der Waals surface area contributed by atoms with Crippen molar-refractivity contribution in [3.63, 3.8) is 0 Å². The Bertz CT molecular complexity index is 1390. The van der Waals surface area contributed by atoms with Gasteiger partial charge >= 0.3 is 5.97 Å². The number of allylic oxidation sites excluding steroid dienone is 3. The summed E-state index contributed by atoms with van der Waals surface area (Å²) < 4.78 is 39.7. The van der Waals surface area contributed by atoms with Crippen LogP contribution in [-0.2, 0) is 32.6 Å². The van der Waals surface area contributed by atoms with Crippen LogP contribution in [0.5, 0.6) is 5.75 Å². The number of aromatic nitrogens is 1. The topological polar surface area (TPSA) is 74.6 Å². The van der Waals surface area contributed by atoms with Crippen molar-refractivity contribution >= 4 is 42.8 Å². The Morgan fingerprint density at radius 2 is 1.85 bits per heavy atom. The van der Waals surface area contributed by atoms with E-state index in [0.29, 0.717) is 29.9 Å². The maximum absolute atomic E-state index is 13.8. The Morgan fingerprint density at radius 1 is 1.12 bits per heavy atom.